The minimum atomic E-state index is -0.305. The molecule has 6 nitrogen and oxygen atoms in total. The Morgan fingerprint density at radius 2 is 1.64 bits per heavy atom. The Labute approximate surface area is 147 Å². The normalized spacial score (nSPS) is 10.0. The molecule has 0 aliphatic heterocycles. The number of anilines is 1. The van der Waals surface area contributed by atoms with Gasteiger partial charge in [0.25, 0.3) is 5.91 Å². The number of rotatable bonds is 9. The van der Waals surface area contributed by atoms with Crippen LogP contribution in [0.25, 0.3) is 0 Å². The molecular weight excluding hydrogens is 322 g/mol. The highest BCUT2D eigenvalue weighted by Gasteiger charge is 2.11. The molecule has 2 aromatic rings. The molecule has 1 amide bonds. The van der Waals surface area contributed by atoms with Crippen LogP contribution in [0.15, 0.2) is 42.5 Å². The third-order valence-corrected chi connectivity index (χ3v) is 3.26. The van der Waals surface area contributed by atoms with Gasteiger partial charge in [0, 0.05) is 6.07 Å². The summed E-state index contributed by atoms with van der Waals surface area (Å²) in [7, 11) is 1.55. The Bertz CT molecular complexity index is 702. The lowest BCUT2D eigenvalue weighted by Crippen LogP contribution is -2.20. The lowest BCUT2D eigenvalue weighted by Gasteiger charge is -2.14. The molecule has 0 bridgehead atoms. The van der Waals surface area contributed by atoms with E-state index in [-0.39, 0.29) is 12.5 Å². The van der Waals surface area contributed by atoms with Gasteiger partial charge in [0.2, 0.25) is 0 Å². The highest BCUT2D eigenvalue weighted by atomic mass is 16.5. The Morgan fingerprint density at radius 1 is 0.920 bits per heavy atom. The Balaban J connectivity index is 2.04. The number of amides is 1. The van der Waals surface area contributed by atoms with Crippen LogP contribution in [0.5, 0.6) is 23.0 Å². The van der Waals surface area contributed by atoms with E-state index in [0.29, 0.717) is 41.9 Å². The second-order valence-electron chi connectivity index (χ2n) is 5.01. The van der Waals surface area contributed by atoms with E-state index in [0.717, 1.165) is 0 Å². The van der Waals surface area contributed by atoms with Crippen LogP contribution in [-0.4, -0.2) is 32.8 Å². The fraction of sp³-hybridized carbons (Fsp3) is 0.316. The van der Waals surface area contributed by atoms with Gasteiger partial charge in [-0.05, 0) is 38.1 Å². The predicted molar refractivity (Wildman–Crippen MR) is 95.9 cm³/mol. The smallest absolute Gasteiger partial charge is 0.262 e. The molecule has 2 aromatic carbocycles. The van der Waals surface area contributed by atoms with Gasteiger partial charge in [-0.25, -0.2) is 0 Å². The van der Waals surface area contributed by atoms with E-state index in [2.05, 4.69) is 5.32 Å². The van der Waals surface area contributed by atoms with E-state index >= 15 is 0 Å². The molecule has 1 N–H and O–H groups in total. The van der Waals surface area contributed by atoms with Crippen LogP contribution in [0.3, 0.4) is 0 Å². The molecule has 0 heterocycles. The van der Waals surface area contributed by atoms with E-state index < -0.39 is 0 Å². The number of hydrogen-bond donors (Lipinski definition) is 1. The topological polar surface area (TPSA) is 66.0 Å². The number of ether oxygens (including phenoxy) is 4. The summed E-state index contributed by atoms with van der Waals surface area (Å²) >= 11 is 0. The fourth-order valence-electron chi connectivity index (χ4n) is 2.21. The number of carbonyl (C=O) groups excluding carboxylic acids is 1. The second-order valence-corrected chi connectivity index (χ2v) is 5.01. The Kier molecular flexibility index (Phi) is 6.95. The van der Waals surface area contributed by atoms with Gasteiger partial charge in [-0.2, -0.15) is 0 Å². The van der Waals surface area contributed by atoms with Crippen molar-refractivity contribution in [2.45, 2.75) is 13.8 Å². The SMILES string of the molecule is CCOc1ccc(OCC)c(NC(=O)COc2ccccc2OC)c1. The third-order valence-electron chi connectivity index (χ3n) is 3.26. The Morgan fingerprint density at radius 3 is 2.32 bits per heavy atom. The van der Waals surface area contributed by atoms with Crippen molar-refractivity contribution < 1.29 is 23.7 Å². The summed E-state index contributed by atoms with van der Waals surface area (Å²) in [4.78, 5) is 12.2. The number of carbonyl (C=O) groups is 1. The van der Waals surface area contributed by atoms with E-state index in [4.69, 9.17) is 18.9 Å². The number of hydrogen-bond acceptors (Lipinski definition) is 5. The summed E-state index contributed by atoms with van der Waals surface area (Å²) in [6, 6.07) is 12.5. The lowest BCUT2D eigenvalue weighted by atomic mass is 10.2. The summed E-state index contributed by atoms with van der Waals surface area (Å²) in [5.41, 5.74) is 0.543. The molecule has 0 atom stereocenters. The van der Waals surface area contributed by atoms with Crippen molar-refractivity contribution in [3.05, 3.63) is 42.5 Å². The van der Waals surface area contributed by atoms with Crippen LogP contribution in [-0.2, 0) is 4.79 Å². The van der Waals surface area contributed by atoms with Gasteiger partial charge in [-0.3, -0.25) is 4.79 Å². The molecule has 6 heteroatoms. The first-order valence-electron chi connectivity index (χ1n) is 8.13. The van der Waals surface area contributed by atoms with Crippen molar-refractivity contribution in [3.63, 3.8) is 0 Å². The molecule has 0 saturated carbocycles. The third kappa shape index (κ3) is 5.31. The zero-order chi connectivity index (χ0) is 18.1. The zero-order valence-electron chi connectivity index (χ0n) is 14.7. The molecule has 0 fully saturated rings. The zero-order valence-corrected chi connectivity index (χ0v) is 14.7. The highest BCUT2D eigenvalue weighted by molar-refractivity contribution is 5.93. The number of para-hydroxylation sites is 2. The summed E-state index contributed by atoms with van der Waals surface area (Å²) in [6.07, 6.45) is 0. The van der Waals surface area contributed by atoms with Crippen LogP contribution in [0.1, 0.15) is 13.8 Å². The quantitative estimate of drug-likeness (QED) is 0.753. The first-order valence-corrected chi connectivity index (χ1v) is 8.13. The van der Waals surface area contributed by atoms with Crippen molar-refractivity contribution in [1.29, 1.82) is 0 Å². The average molecular weight is 345 g/mol. The standard InChI is InChI=1S/C19H23NO5/c1-4-23-14-10-11-16(24-5-2)15(12-14)20-19(21)13-25-18-9-7-6-8-17(18)22-3/h6-12H,4-5,13H2,1-3H3,(H,20,21). The highest BCUT2D eigenvalue weighted by Crippen LogP contribution is 2.30. The van der Waals surface area contributed by atoms with Crippen molar-refractivity contribution in [3.8, 4) is 23.0 Å². The van der Waals surface area contributed by atoms with Crippen molar-refractivity contribution in [1.82, 2.24) is 0 Å². The molecule has 134 valence electrons. The molecular formula is C19H23NO5. The molecule has 0 saturated heterocycles. The van der Waals surface area contributed by atoms with E-state index in [1.807, 2.05) is 26.0 Å². The van der Waals surface area contributed by atoms with E-state index in [1.54, 1.807) is 37.4 Å². The van der Waals surface area contributed by atoms with Crippen molar-refractivity contribution in [2.24, 2.45) is 0 Å². The van der Waals surface area contributed by atoms with Gasteiger partial charge in [0.1, 0.15) is 11.5 Å². The van der Waals surface area contributed by atoms with Gasteiger partial charge in [-0.15, -0.1) is 0 Å². The van der Waals surface area contributed by atoms with Gasteiger partial charge in [0.05, 0.1) is 26.0 Å². The van der Waals surface area contributed by atoms with Gasteiger partial charge < -0.3 is 24.3 Å². The van der Waals surface area contributed by atoms with Crippen molar-refractivity contribution >= 4 is 11.6 Å². The fourth-order valence-corrected chi connectivity index (χ4v) is 2.21. The second kappa shape index (κ2) is 9.42. The van der Waals surface area contributed by atoms with Gasteiger partial charge >= 0.3 is 0 Å². The molecule has 0 unspecified atom stereocenters. The maximum atomic E-state index is 12.2. The van der Waals surface area contributed by atoms with Crippen LogP contribution in [0, 0.1) is 0 Å². The Hall–Kier alpha value is -2.89. The van der Waals surface area contributed by atoms with Gasteiger partial charge in [-0.1, -0.05) is 12.1 Å². The molecule has 25 heavy (non-hydrogen) atoms. The van der Waals surface area contributed by atoms with Crippen LogP contribution in [0.4, 0.5) is 5.69 Å². The van der Waals surface area contributed by atoms with Crippen LogP contribution in [0.2, 0.25) is 0 Å². The predicted octanol–water partition coefficient (Wildman–Crippen LogP) is 3.51. The molecule has 0 aliphatic rings. The van der Waals surface area contributed by atoms with Crippen LogP contribution >= 0.6 is 0 Å². The minimum absolute atomic E-state index is 0.148. The molecule has 0 radical (unpaired) electrons. The number of methoxy groups -OCH3 is 1. The monoisotopic (exact) mass is 345 g/mol. The molecule has 0 spiro atoms. The largest absolute Gasteiger partial charge is 0.494 e. The number of benzene rings is 2. The molecule has 0 aliphatic carbocycles. The van der Waals surface area contributed by atoms with E-state index in [9.17, 15) is 4.79 Å². The first kappa shape index (κ1) is 18.4. The first-order chi connectivity index (χ1) is 12.2. The minimum Gasteiger partial charge on any atom is -0.494 e. The maximum absolute atomic E-state index is 12.2. The average Bonchev–Trinajstić information content (AvgIpc) is 2.62. The molecule has 0 aromatic heterocycles. The molecule has 2 rings (SSSR count). The summed E-state index contributed by atoms with van der Waals surface area (Å²) < 4.78 is 21.7. The van der Waals surface area contributed by atoms with Crippen molar-refractivity contribution in [2.75, 3.05) is 32.2 Å². The van der Waals surface area contributed by atoms with E-state index in [1.165, 1.54) is 0 Å². The summed E-state index contributed by atoms with van der Waals surface area (Å²) in [5, 5.41) is 2.79. The summed E-state index contributed by atoms with van der Waals surface area (Å²) in [6.45, 7) is 4.67. The van der Waals surface area contributed by atoms with Crippen LogP contribution < -0.4 is 24.3 Å². The summed E-state index contributed by atoms with van der Waals surface area (Å²) in [5.74, 6) is 2.01. The van der Waals surface area contributed by atoms with Gasteiger partial charge in [0.15, 0.2) is 18.1 Å². The maximum Gasteiger partial charge on any atom is 0.262 e. The lowest BCUT2D eigenvalue weighted by molar-refractivity contribution is -0.118. The number of nitrogens with one attached hydrogen (secondary N) is 1.